The normalized spacial score (nSPS) is 9.25. The van der Waals surface area contributed by atoms with E-state index < -0.39 is 0 Å². The topological polar surface area (TPSA) is 27.0 Å². The average molecular weight is 147 g/mol. The summed E-state index contributed by atoms with van der Waals surface area (Å²) >= 11 is 0. The molecule has 0 saturated carbocycles. The van der Waals surface area contributed by atoms with E-state index in [0.29, 0.717) is 6.54 Å². The molecule has 0 aromatic rings. The van der Waals surface area contributed by atoms with Crippen LogP contribution < -0.4 is 0 Å². The largest absolute Gasteiger partial charge is 0.226 e. The highest BCUT2D eigenvalue weighted by atomic mass is 33.1. The lowest BCUT2D eigenvalue weighted by Crippen LogP contribution is -2.02. The van der Waals surface area contributed by atoms with Crippen molar-refractivity contribution in [2.45, 2.75) is 0 Å². The third-order valence-electron chi connectivity index (χ3n) is 0.427. The summed E-state index contributed by atoms with van der Waals surface area (Å²) in [6.45, 7) is 0.380. The van der Waals surface area contributed by atoms with Gasteiger partial charge in [0.15, 0.2) is 0 Å². The molecule has 0 amide bonds. The van der Waals surface area contributed by atoms with Crippen LogP contribution in [0.3, 0.4) is 0 Å². The number of hydrogen-bond donors (Lipinski definition) is 0. The predicted octanol–water partition coefficient (Wildman–Crippen LogP) is 1.53. The van der Waals surface area contributed by atoms with E-state index in [-0.39, 0.29) is 0 Å². The Morgan fingerprint density at radius 3 is 2.88 bits per heavy atom. The molecule has 1 radical (unpaired) electrons. The van der Waals surface area contributed by atoms with E-state index in [2.05, 4.69) is 7.05 Å². The van der Waals surface area contributed by atoms with Crippen molar-refractivity contribution in [2.75, 3.05) is 12.8 Å². The zero-order valence-electron chi connectivity index (χ0n) is 4.63. The second-order valence-electron chi connectivity index (χ2n) is 1.04. The van der Waals surface area contributed by atoms with Crippen LogP contribution >= 0.6 is 21.8 Å². The van der Waals surface area contributed by atoms with Crippen molar-refractivity contribution in [2.24, 2.45) is 0 Å². The standard InChI is InChI=1S/C4H7N2S2/c1-6(4-3-5)8-7-2/h1,4H2,2H3. The van der Waals surface area contributed by atoms with Gasteiger partial charge in [0.2, 0.25) is 0 Å². The lowest BCUT2D eigenvalue weighted by molar-refractivity contribution is 0.707. The Labute approximate surface area is 57.8 Å². The third kappa shape index (κ3) is 4.31. The molecule has 0 atom stereocenters. The lowest BCUT2D eigenvalue weighted by Gasteiger charge is -2.05. The van der Waals surface area contributed by atoms with Gasteiger partial charge in [-0.25, -0.2) is 4.31 Å². The highest BCUT2D eigenvalue weighted by molar-refractivity contribution is 8.75. The highest BCUT2D eigenvalue weighted by Gasteiger charge is 1.92. The molecule has 45 valence electrons. The fraction of sp³-hybridized carbons (Fsp3) is 0.500. The minimum atomic E-state index is 0.380. The van der Waals surface area contributed by atoms with E-state index in [1.54, 1.807) is 15.1 Å². The molecule has 0 spiro atoms. The van der Waals surface area contributed by atoms with E-state index in [4.69, 9.17) is 5.26 Å². The van der Waals surface area contributed by atoms with Crippen LogP contribution in [0.5, 0.6) is 0 Å². The first-order valence-corrected chi connectivity index (χ1v) is 4.48. The first-order valence-electron chi connectivity index (χ1n) is 1.97. The molecule has 0 aromatic carbocycles. The molecule has 0 unspecified atom stereocenters. The number of rotatable bonds is 3. The maximum Gasteiger partial charge on any atom is 0.0970 e. The molecule has 0 rings (SSSR count). The van der Waals surface area contributed by atoms with Gasteiger partial charge in [0.25, 0.3) is 0 Å². The quantitative estimate of drug-likeness (QED) is 0.343. The van der Waals surface area contributed by atoms with E-state index in [1.165, 1.54) is 11.0 Å². The van der Waals surface area contributed by atoms with Gasteiger partial charge in [-0.05, 0) is 17.2 Å². The molecule has 2 nitrogen and oxygen atoms in total. The molecule has 0 aliphatic heterocycles. The molecule has 0 heterocycles. The zero-order chi connectivity index (χ0) is 6.41. The van der Waals surface area contributed by atoms with Gasteiger partial charge < -0.3 is 0 Å². The molecule has 0 aliphatic carbocycles. The summed E-state index contributed by atoms with van der Waals surface area (Å²) in [5.74, 6) is 0. The maximum atomic E-state index is 8.11. The van der Waals surface area contributed by atoms with E-state index in [9.17, 15) is 0 Å². The molecular formula is C4H7N2S2. The van der Waals surface area contributed by atoms with Crippen LogP contribution in [0.25, 0.3) is 0 Å². The van der Waals surface area contributed by atoms with Crippen molar-refractivity contribution >= 4 is 21.8 Å². The van der Waals surface area contributed by atoms with E-state index in [0.717, 1.165) is 0 Å². The molecule has 4 heteroatoms. The average Bonchev–Trinajstić information content (AvgIpc) is 1.68. The van der Waals surface area contributed by atoms with Gasteiger partial charge in [-0.1, -0.05) is 10.8 Å². The summed E-state index contributed by atoms with van der Waals surface area (Å²) in [5, 5.41) is 8.11. The van der Waals surface area contributed by atoms with Gasteiger partial charge in [0.05, 0.1) is 12.6 Å². The fourth-order valence-electron chi connectivity index (χ4n) is 0.211. The van der Waals surface area contributed by atoms with Crippen LogP contribution in [0.15, 0.2) is 0 Å². The number of hydrogen-bond acceptors (Lipinski definition) is 4. The third-order valence-corrected chi connectivity index (χ3v) is 2.00. The second-order valence-corrected chi connectivity index (χ2v) is 3.49. The van der Waals surface area contributed by atoms with Crippen LogP contribution in [-0.2, 0) is 0 Å². The summed E-state index contributed by atoms with van der Waals surface area (Å²) in [7, 11) is 6.62. The van der Waals surface area contributed by atoms with Crippen molar-refractivity contribution < 1.29 is 0 Å². The first kappa shape index (κ1) is 8.15. The smallest absolute Gasteiger partial charge is 0.0970 e. The van der Waals surface area contributed by atoms with Gasteiger partial charge in [-0.2, -0.15) is 5.26 Å². The zero-order valence-corrected chi connectivity index (χ0v) is 6.26. The van der Waals surface area contributed by atoms with Gasteiger partial charge in [-0.3, -0.25) is 0 Å². The molecule has 0 saturated heterocycles. The monoisotopic (exact) mass is 147 g/mol. The highest BCUT2D eigenvalue weighted by Crippen LogP contribution is 2.20. The molecule has 0 N–H and O–H groups in total. The van der Waals surface area contributed by atoms with E-state index in [1.807, 2.05) is 12.3 Å². The Hall–Kier alpha value is 0.150. The van der Waals surface area contributed by atoms with Gasteiger partial charge >= 0.3 is 0 Å². The molecule has 0 aliphatic rings. The van der Waals surface area contributed by atoms with Gasteiger partial charge in [0, 0.05) is 7.05 Å². The Kier molecular flexibility index (Phi) is 5.39. The summed E-state index contributed by atoms with van der Waals surface area (Å²) in [6.07, 6.45) is 1.94. The minimum absolute atomic E-state index is 0.380. The van der Waals surface area contributed by atoms with Crippen LogP contribution in [0.2, 0.25) is 0 Å². The summed E-state index contributed by atoms with van der Waals surface area (Å²) < 4.78 is 1.63. The van der Waals surface area contributed by atoms with Crippen LogP contribution in [0.4, 0.5) is 0 Å². The molecule has 0 bridgehead atoms. The first-order chi connectivity index (χ1) is 3.81. The van der Waals surface area contributed by atoms with Gasteiger partial charge in [0.1, 0.15) is 0 Å². The summed E-state index contributed by atoms with van der Waals surface area (Å²) in [6, 6.07) is 1.98. The van der Waals surface area contributed by atoms with E-state index >= 15 is 0 Å². The summed E-state index contributed by atoms with van der Waals surface area (Å²) in [4.78, 5) is 0. The molecule has 0 fully saturated rings. The van der Waals surface area contributed by atoms with Crippen molar-refractivity contribution in [1.29, 1.82) is 5.26 Å². The van der Waals surface area contributed by atoms with Crippen molar-refractivity contribution in [3.8, 4) is 6.07 Å². The van der Waals surface area contributed by atoms with Crippen molar-refractivity contribution in [3.05, 3.63) is 7.05 Å². The SMILES string of the molecule is [CH2]N(CC#N)SSC. The van der Waals surface area contributed by atoms with Crippen LogP contribution in [0.1, 0.15) is 0 Å². The molecular weight excluding hydrogens is 140 g/mol. The Bertz CT molecular complexity index is 88.5. The fourth-order valence-corrected chi connectivity index (χ4v) is 1.32. The number of nitrogens with zero attached hydrogens (tertiary/aromatic N) is 2. The lowest BCUT2D eigenvalue weighted by atomic mass is 10.7. The van der Waals surface area contributed by atoms with Crippen LogP contribution in [-0.4, -0.2) is 17.1 Å². The molecule has 8 heavy (non-hydrogen) atoms. The second kappa shape index (κ2) is 5.29. The minimum Gasteiger partial charge on any atom is -0.226 e. The Morgan fingerprint density at radius 2 is 2.50 bits per heavy atom. The predicted molar refractivity (Wildman–Crippen MR) is 38.8 cm³/mol. The molecule has 0 aromatic heterocycles. The Balaban J connectivity index is 3.08. The maximum absolute atomic E-state index is 8.11. The van der Waals surface area contributed by atoms with Crippen molar-refractivity contribution in [1.82, 2.24) is 4.31 Å². The Morgan fingerprint density at radius 1 is 1.88 bits per heavy atom. The van der Waals surface area contributed by atoms with Crippen molar-refractivity contribution in [3.63, 3.8) is 0 Å². The number of nitriles is 1. The van der Waals surface area contributed by atoms with Gasteiger partial charge in [-0.15, -0.1) is 0 Å². The van der Waals surface area contributed by atoms with Crippen LogP contribution in [0, 0.1) is 18.4 Å². The summed E-state index contributed by atoms with van der Waals surface area (Å²) in [5.41, 5.74) is 0.